The zero-order chi connectivity index (χ0) is 27.3. The predicted octanol–water partition coefficient (Wildman–Crippen LogP) is 3.26. The SMILES string of the molecule is Cc1cccc(C)c1C(C(=O)NC(C)(C)C)N(C(=O)C(CC(N)=O)NC(=O)OC(C)(C)C)C(C)C. The average Bonchev–Trinajstić information content (AvgIpc) is 2.62. The van der Waals surface area contributed by atoms with Gasteiger partial charge in [-0.15, -0.1) is 0 Å². The van der Waals surface area contributed by atoms with Crippen LogP contribution in [-0.2, 0) is 19.1 Å². The van der Waals surface area contributed by atoms with Gasteiger partial charge >= 0.3 is 6.09 Å². The summed E-state index contributed by atoms with van der Waals surface area (Å²) < 4.78 is 5.28. The van der Waals surface area contributed by atoms with Crippen molar-refractivity contribution in [1.29, 1.82) is 0 Å². The molecule has 0 aromatic heterocycles. The number of rotatable bonds is 8. The number of aryl methyl sites for hydroxylation is 2. The van der Waals surface area contributed by atoms with E-state index in [4.69, 9.17) is 10.5 Å². The second kappa shape index (κ2) is 11.6. The highest BCUT2D eigenvalue weighted by molar-refractivity contribution is 5.95. The number of hydrogen-bond acceptors (Lipinski definition) is 5. The molecule has 0 spiro atoms. The van der Waals surface area contributed by atoms with Crippen molar-refractivity contribution in [2.24, 2.45) is 5.73 Å². The first-order valence-electron chi connectivity index (χ1n) is 11.8. The predicted molar refractivity (Wildman–Crippen MR) is 136 cm³/mol. The summed E-state index contributed by atoms with van der Waals surface area (Å²) in [6, 6.07) is 2.88. The molecule has 4 N–H and O–H groups in total. The van der Waals surface area contributed by atoms with E-state index in [1.165, 1.54) is 4.90 Å². The molecule has 0 saturated carbocycles. The number of carbonyl (C=O) groups excluding carboxylic acids is 4. The number of hydrogen-bond donors (Lipinski definition) is 3. The summed E-state index contributed by atoms with van der Waals surface area (Å²) in [4.78, 5) is 53.3. The highest BCUT2D eigenvalue weighted by Crippen LogP contribution is 2.31. The quantitative estimate of drug-likeness (QED) is 0.515. The Hall–Kier alpha value is -3.10. The molecule has 0 bridgehead atoms. The van der Waals surface area contributed by atoms with Crippen molar-refractivity contribution < 1.29 is 23.9 Å². The first-order valence-corrected chi connectivity index (χ1v) is 11.8. The maximum Gasteiger partial charge on any atom is 0.408 e. The topological polar surface area (TPSA) is 131 Å². The zero-order valence-electron chi connectivity index (χ0n) is 22.7. The lowest BCUT2D eigenvalue weighted by molar-refractivity contribution is -0.146. The smallest absolute Gasteiger partial charge is 0.408 e. The van der Waals surface area contributed by atoms with Crippen LogP contribution in [0.15, 0.2) is 18.2 Å². The second-order valence-corrected chi connectivity index (χ2v) is 11.2. The third-order valence-corrected chi connectivity index (χ3v) is 5.05. The first-order chi connectivity index (χ1) is 15.8. The molecule has 1 aromatic rings. The van der Waals surface area contributed by atoms with Crippen LogP contribution in [0.4, 0.5) is 4.79 Å². The molecule has 0 aliphatic heterocycles. The van der Waals surface area contributed by atoms with Gasteiger partial charge in [-0.3, -0.25) is 14.4 Å². The molecular weight excluding hydrogens is 448 g/mol. The van der Waals surface area contributed by atoms with E-state index in [-0.39, 0.29) is 5.91 Å². The van der Waals surface area contributed by atoms with Crippen LogP contribution in [0.5, 0.6) is 0 Å². The summed E-state index contributed by atoms with van der Waals surface area (Å²) in [6.07, 6.45) is -1.30. The van der Waals surface area contributed by atoms with Crippen LogP contribution in [0.1, 0.15) is 84.5 Å². The molecule has 0 aliphatic rings. The molecule has 0 saturated heterocycles. The summed E-state index contributed by atoms with van der Waals surface area (Å²) in [5.41, 5.74) is 6.40. The summed E-state index contributed by atoms with van der Waals surface area (Å²) >= 11 is 0. The zero-order valence-corrected chi connectivity index (χ0v) is 22.7. The van der Waals surface area contributed by atoms with Crippen LogP contribution >= 0.6 is 0 Å². The van der Waals surface area contributed by atoms with Gasteiger partial charge in [0, 0.05) is 11.6 Å². The minimum absolute atomic E-state index is 0.368. The van der Waals surface area contributed by atoms with E-state index in [2.05, 4.69) is 10.6 Å². The summed E-state index contributed by atoms with van der Waals surface area (Å²) in [7, 11) is 0. The van der Waals surface area contributed by atoms with E-state index in [9.17, 15) is 19.2 Å². The fourth-order valence-corrected chi connectivity index (χ4v) is 3.80. The number of alkyl carbamates (subject to hydrolysis) is 1. The number of benzene rings is 1. The number of ether oxygens (including phenoxy) is 1. The lowest BCUT2D eigenvalue weighted by Crippen LogP contribution is -2.57. The second-order valence-electron chi connectivity index (χ2n) is 11.2. The molecule has 2 unspecified atom stereocenters. The lowest BCUT2D eigenvalue weighted by Gasteiger charge is -2.39. The van der Waals surface area contributed by atoms with E-state index in [1.807, 2.05) is 52.8 Å². The van der Waals surface area contributed by atoms with E-state index < -0.39 is 53.6 Å². The van der Waals surface area contributed by atoms with Gasteiger partial charge in [-0.25, -0.2) is 4.79 Å². The molecule has 1 aromatic carbocycles. The third-order valence-electron chi connectivity index (χ3n) is 5.05. The first kappa shape index (κ1) is 29.9. The number of nitrogens with zero attached hydrogens (tertiary/aromatic N) is 1. The van der Waals surface area contributed by atoms with Gasteiger partial charge in [-0.2, -0.15) is 0 Å². The van der Waals surface area contributed by atoms with Crippen molar-refractivity contribution in [2.45, 2.75) is 105 Å². The Balaban J connectivity index is 3.62. The minimum atomic E-state index is -1.31. The van der Waals surface area contributed by atoms with Gasteiger partial charge in [0.05, 0.1) is 6.42 Å². The molecule has 2 atom stereocenters. The van der Waals surface area contributed by atoms with Crippen molar-refractivity contribution in [2.75, 3.05) is 0 Å². The Labute approximate surface area is 209 Å². The van der Waals surface area contributed by atoms with Crippen LogP contribution < -0.4 is 16.4 Å². The molecule has 9 nitrogen and oxygen atoms in total. The van der Waals surface area contributed by atoms with Crippen LogP contribution in [-0.4, -0.2) is 51.9 Å². The normalized spacial score (nSPS) is 13.6. The third kappa shape index (κ3) is 9.22. The molecule has 1 rings (SSSR count). The molecule has 196 valence electrons. The van der Waals surface area contributed by atoms with E-state index in [0.717, 1.165) is 11.1 Å². The molecule has 4 amide bonds. The van der Waals surface area contributed by atoms with Crippen LogP contribution in [0.3, 0.4) is 0 Å². The van der Waals surface area contributed by atoms with E-state index in [0.29, 0.717) is 5.56 Å². The van der Waals surface area contributed by atoms with Crippen molar-refractivity contribution >= 4 is 23.8 Å². The highest BCUT2D eigenvalue weighted by Gasteiger charge is 2.40. The van der Waals surface area contributed by atoms with Gasteiger partial charge < -0.3 is 26.0 Å². The van der Waals surface area contributed by atoms with Crippen molar-refractivity contribution in [3.8, 4) is 0 Å². The average molecular weight is 491 g/mol. The van der Waals surface area contributed by atoms with Gasteiger partial charge in [-0.05, 0) is 85.9 Å². The van der Waals surface area contributed by atoms with E-state index >= 15 is 0 Å². The lowest BCUT2D eigenvalue weighted by atomic mass is 9.92. The summed E-state index contributed by atoms with van der Waals surface area (Å²) in [5.74, 6) is -1.75. The van der Waals surface area contributed by atoms with Gasteiger partial charge in [0.1, 0.15) is 17.7 Å². The molecule has 0 aliphatic carbocycles. The van der Waals surface area contributed by atoms with Crippen molar-refractivity contribution in [3.05, 3.63) is 34.9 Å². The van der Waals surface area contributed by atoms with Gasteiger partial charge in [0.25, 0.3) is 0 Å². The summed E-state index contributed by atoms with van der Waals surface area (Å²) in [6.45, 7) is 17.9. The number of amides is 4. The molecule has 9 heteroatoms. The number of nitrogens with two attached hydrogens (primary N) is 1. The highest BCUT2D eigenvalue weighted by atomic mass is 16.6. The fraction of sp³-hybridized carbons (Fsp3) is 0.615. The Morgan fingerprint density at radius 3 is 1.91 bits per heavy atom. The van der Waals surface area contributed by atoms with Gasteiger partial charge in [0.2, 0.25) is 17.7 Å². The maximum absolute atomic E-state index is 13.9. The standard InChI is InChI=1S/C26H42N4O5/c1-15(2)30(23(33)18(14-19(27)31)28-24(34)35-26(8,9)10)21(22(32)29-25(5,6)7)20-16(3)12-11-13-17(20)4/h11-13,15,18,21H,14H2,1-10H3,(H2,27,31)(H,28,34)(H,29,32). The Morgan fingerprint density at radius 2 is 1.51 bits per heavy atom. The van der Waals surface area contributed by atoms with E-state index in [1.54, 1.807) is 34.6 Å². The van der Waals surface area contributed by atoms with Gasteiger partial charge in [-0.1, -0.05) is 18.2 Å². The summed E-state index contributed by atoms with van der Waals surface area (Å²) in [5, 5.41) is 5.46. The molecular formula is C26H42N4O5. The number of nitrogens with one attached hydrogen (secondary N) is 2. The Kier molecular flexibility index (Phi) is 9.88. The van der Waals surface area contributed by atoms with Crippen LogP contribution in [0.25, 0.3) is 0 Å². The Bertz CT molecular complexity index is 924. The monoisotopic (exact) mass is 490 g/mol. The van der Waals surface area contributed by atoms with Crippen molar-refractivity contribution in [3.63, 3.8) is 0 Å². The minimum Gasteiger partial charge on any atom is -0.444 e. The number of primary amides is 1. The molecule has 0 radical (unpaired) electrons. The van der Waals surface area contributed by atoms with Crippen molar-refractivity contribution in [1.82, 2.24) is 15.5 Å². The maximum atomic E-state index is 13.9. The molecule has 0 fully saturated rings. The largest absolute Gasteiger partial charge is 0.444 e. The van der Waals surface area contributed by atoms with Gasteiger partial charge in [0.15, 0.2) is 0 Å². The Morgan fingerprint density at radius 1 is 1.00 bits per heavy atom. The van der Waals surface area contributed by atoms with Crippen LogP contribution in [0, 0.1) is 13.8 Å². The van der Waals surface area contributed by atoms with Crippen LogP contribution in [0.2, 0.25) is 0 Å². The fourth-order valence-electron chi connectivity index (χ4n) is 3.80. The molecule has 0 heterocycles. The number of carbonyl (C=O) groups is 4. The molecule has 35 heavy (non-hydrogen) atoms.